The van der Waals surface area contributed by atoms with Crippen molar-refractivity contribution in [2.45, 2.75) is 33.4 Å². The lowest BCUT2D eigenvalue weighted by molar-refractivity contribution is 0.631. The fraction of sp³-hybridized carbons (Fsp3) is 0.545. The van der Waals surface area contributed by atoms with Gasteiger partial charge in [-0.25, -0.2) is 4.98 Å². The minimum absolute atomic E-state index is 0.457. The van der Waals surface area contributed by atoms with Crippen molar-refractivity contribution in [2.24, 2.45) is 0 Å². The van der Waals surface area contributed by atoms with E-state index in [0.717, 1.165) is 18.1 Å². The molecular weight excluding hydrogens is 174 g/mol. The van der Waals surface area contributed by atoms with Gasteiger partial charge in [0.2, 0.25) is 0 Å². The molecule has 2 heterocycles. The molecule has 0 aromatic carbocycles. The van der Waals surface area contributed by atoms with Gasteiger partial charge in [0.15, 0.2) is 0 Å². The van der Waals surface area contributed by atoms with Crippen LogP contribution < -0.4 is 10.6 Å². The molecule has 1 atom stereocenters. The van der Waals surface area contributed by atoms with Gasteiger partial charge in [0.05, 0.1) is 0 Å². The molecule has 3 heteroatoms. The lowest BCUT2D eigenvalue weighted by atomic mass is 10.00. The monoisotopic (exact) mass is 191 g/mol. The summed E-state index contributed by atoms with van der Waals surface area (Å²) in [6, 6.07) is 0.457. The molecule has 14 heavy (non-hydrogen) atoms. The third kappa shape index (κ3) is 1.20. The van der Waals surface area contributed by atoms with E-state index in [1.807, 2.05) is 7.05 Å². The van der Waals surface area contributed by atoms with E-state index in [9.17, 15) is 0 Å². The highest BCUT2D eigenvalue weighted by Crippen LogP contribution is 2.33. The Morgan fingerprint density at radius 2 is 2.14 bits per heavy atom. The van der Waals surface area contributed by atoms with Gasteiger partial charge >= 0.3 is 0 Å². The Hall–Kier alpha value is -1.09. The van der Waals surface area contributed by atoms with Crippen molar-refractivity contribution in [1.29, 1.82) is 0 Å². The molecule has 1 unspecified atom stereocenters. The number of hydrogen-bond acceptors (Lipinski definition) is 3. The molecule has 2 rings (SSSR count). The van der Waals surface area contributed by atoms with Crippen LogP contribution in [0.25, 0.3) is 0 Å². The number of hydrogen-bond donors (Lipinski definition) is 2. The van der Waals surface area contributed by atoms with Crippen LogP contribution in [0.5, 0.6) is 0 Å². The number of rotatable bonds is 1. The molecule has 2 N–H and O–H groups in total. The van der Waals surface area contributed by atoms with E-state index in [1.54, 1.807) is 0 Å². The van der Waals surface area contributed by atoms with E-state index in [0.29, 0.717) is 6.04 Å². The van der Waals surface area contributed by atoms with Crippen molar-refractivity contribution < 1.29 is 0 Å². The number of aryl methyl sites for hydroxylation is 1. The summed E-state index contributed by atoms with van der Waals surface area (Å²) in [4.78, 5) is 4.55. The van der Waals surface area contributed by atoms with Gasteiger partial charge in [0, 0.05) is 30.9 Å². The summed E-state index contributed by atoms with van der Waals surface area (Å²) < 4.78 is 0. The second-order valence-corrected chi connectivity index (χ2v) is 3.92. The van der Waals surface area contributed by atoms with Crippen LogP contribution in [-0.2, 0) is 6.54 Å². The number of fused-ring (bicyclic) bond motifs is 1. The van der Waals surface area contributed by atoms with Crippen LogP contribution in [0.2, 0.25) is 0 Å². The Morgan fingerprint density at radius 1 is 1.43 bits per heavy atom. The molecule has 1 aromatic rings. The normalized spacial score (nSPS) is 19.6. The largest absolute Gasteiger partial charge is 0.373 e. The zero-order valence-corrected chi connectivity index (χ0v) is 9.23. The standard InChI is InChI=1S/C11H17N3/c1-6-7(2)14-11(12-4)9-5-13-8(3)10(6)9/h8,13H,5H2,1-4H3,(H,12,14). The van der Waals surface area contributed by atoms with Crippen LogP contribution in [0.15, 0.2) is 0 Å². The molecule has 0 amide bonds. The number of nitrogens with one attached hydrogen (secondary N) is 2. The molecular formula is C11H17N3. The Balaban J connectivity index is 2.66. The summed E-state index contributed by atoms with van der Waals surface area (Å²) in [5.41, 5.74) is 5.23. The maximum atomic E-state index is 4.55. The van der Waals surface area contributed by atoms with Gasteiger partial charge in [-0.1, -0.05) is 0 Å². The molecule has 1 aliphatic heterocycles. The van der Waals surface area contributed by atoms with Crippen LogP contribution in [-0.4, -0.2) is 12.0 Å². The average molecular weight is 191 g/mol. The third-order valence-electron chi connectivity index (χ3n) is 3.09. The Morgan fingerprint density at radius 3 is 2.79 bits per heavy atom. The van der Waals surface area contributed by atoms with Crippen LogP contribution in [0.3, 0.4) is 0 Å². The second-order valence-electron chi connectivity index (χ2n) is 3.92. The topological polar surface area (TPSA) is 37.0 Å². The molecule has 0 saturated carbocycles. The second kappa shape index (κ2) is 3.24. The molecule has 1 aliphatic rings. The predicted molar refractivity (Wildman–Crippen MR) is 58.5 cm³/mol. The third-order valence-corrected chi connectivity index (χ3v) is 3.09. The van der Waals surface area contributed by atoms with Gasteiger partial charge in [-0.2, -0.15) is 0 Å². The van der Waals surface area contributed by atoms with Crippen molar-refractivity contribution in [1.82, 2.24) is 10.3 Å². The molecule has 1 aromatic heterocycles. The molecule has 76 valence electrons. The summed E-state index contributed by atoms with van der Waals surface area (Å²) in [7, 11) is 1.93. The van der Waals surface area contributed by atoms with Crippen molar-refractivity contribution in [3.8, 4) is 0 Å². The van der Waals surface area contributed by atoms with Crippen molar-refractivity contribution in [2.75, 3.05) is 12.4 Å². The fourth-order valence-electron chi connectivity index (χ4n) is 2.20. The summed E-state index contributed by atoms with van der Waals surface area (Å²) in [5.74, 6) is 1.03. The van der Waals surface area contributed by atoms with E-state index in [-0.39, 0.29) is 0 Å². The van der Waals surface area contributed by atoms with Crippen molar-refractivity contribution in [3.05, 3.63) is 22.4 Å². The van der Waals surface area contributed by atoms with Crippen LogP contribution >= 0.6 is 0 Å². The van der Waals surface area contributed by atoms with Crippen LogP contribution in [0.1, 0.15) is 35.3 Å². The number of anilines is 1. The lowest BCUT2D eigenvalue weighted by Gasteiger charge is -2.13. The van der Waals surface area contributed by atoms with E-state index < -0.39 is 0 Å². The van der Waals surface area contributed by atoms with E-state index >= 15 is 0 Å². The first-order valence-electron chi connectivity index (χ1n) is 5.06. The highest BCUT2D eigenvalue weighted by Gasteiger charge is 2.24. The van der Waals surface area contributed by atoms with E-state index in [2.05, 4.69) is 36.4 Å². The molecule has 3 nitrogen and oxygen atoms in total. The van der Waals surface area contributed by atoms with Crippen molar-refractivity contribution in [3.63, 3.8) is 0 Å². The average Bonchev–Trinajstić information content (AvgIpc) is 2.54. The maximum Gasteiger partial charge on any atom is 0.130 e. The predicted octanol–water partition coefficient (Wildman–Crippen LogP) is 1.90. The van der Waals surface area contributed by atoms with Gasteiger partial charge < -0.3 is 10.6 Å². The first kappa shape index (κ1) is 9.46. The Labute approximate surface area is 84.9 Å². The van der Waals surface area contributed by atoms with Crippen LogP contribution in [0, 0.1) is 13.8 Å². The molecule has 0 spiro atoms. The summed E-state index contributed by atoms with van der Waals surface area (Å²) >= 11 is 0. The first-order valence-corrected chi connectivity index (χ1v) is 5.06. The highest BCUT2D eigenvalue weighted by atomic mass is 15.0. The summed E-state index contributed by atoms with van der Waals surface area (Å²) in [6.07, 6.45) is 0. The zero-order chi connectivity index (χ0) is 10.3. The van der Waals surface area contributed by atoms with Gasteiger partial charge in [0.1, 0.15) is 5.82 Å². The smallest absolute Gasteiger partial charge is 0.130 e. The SMILES string of the molecule is CNc1nc(C)c(C)c2c1CNC2C. The first-order chi connectivity index (χ1) is 6.65. The molecule has 0 fully saturated rings. The molecule has 0 aliphatic carbocycles. The van der Waals surface area contributed by atoms with Gasteiger partial charge in [-0.05, 0) is 31.9 Å². The van der Waals surface area contributed by atoms with Gasteiger partial charge in [-0.15, -0.1) is 0 Å². The van der Waals surface area contributed by atoms with Crippen LogP contribution in [0.4, 0.5) is 5.82 Å². The maximum absolute atomic E-state index is 4.55. The minimum atomic E-state index is 0.457. The van der Waals surface area contributed by atoms with Gasteiger partial charge in [0.25, 0.3) is 0 Å². The summed E-state index contributed by atoms with van der Waals surface area (Å²) in [6.45, 7) is 7.37. The number of pyridine rings is 1. The van der Waals surface area contributed by atoms with E-state index in [4.69, 9.17) is 0 Å². The highest BCUT2D eigenvalue weighted by molar-refractivity contribution is 5.55. The zero-order valence-electron chi connectivity index (χ0n) is 9.23. The molecule has 0 bridgehead atoms. The fourth-order valence-corrected chi connectivity index (χ4v) is 2.20. The minimum Gasteiger partial charge on any atom is -0.373 e. The molecule has 0 saturated heterocycles. The quantitative estimate of drug-likeness (QED) is 0.712. The number of aromatic nitrogens is 1. The summed E-state index contributed by atoms with van der Waals surface area (Å²) in [5, 5.41) is 6.61. The Kier molecular flexibility index (Phi) is 2.19. The molecule has 0 radical (unpaired) electrons. The number of nitrogens with zero attached hydrogens (tertiary/aromatic N) is 1. The lowest BCUT2D eigenvalue weighted by Crippen LogP contribution is -2.08. The van der Waals surface area contributed by atoms with Crippen molar-refractivity contribution >= 4 is 5.82 Å². The Bertz CT molecular complexity index is 371. The van der Waals surface area contributed by atoms with Gasteiger partial charge in [-0.3, -0.25) is 0 Å². The van der Waals surface area contributed by atoms with E-state index in [1.165, 1.54) is 16.7 Å².